The third kappa shape index (κ3) is 5.13. The first kappa shape index (κ1) is 18.7. The van der Waals surface area contributed by atoms with Gasteiger partial charge in [0.15, 0.2) is 0 Å². The maximum atomic E-state index is 11.1. The molecule has 0 heterocycles. The molecular formula is C19H31NO2. The summed E-state index contributed by atoms with van der Waals surface area (Å²) in [6, 6.07) is 4.43. The second-order valence-corrected chi connectivity index (χ2v) is 6.46. The van der Waals surface area contributed by atoms with Crippen molar-refractivity contribution in [3.05, 3.63) is 34.4 Å². The smallest absolute Gasteiger partial charge is 0.307 e. The van der Waals surface area contributed by atoms with Crippen molar-refractivity contribution in [2.45, 2.75) is 59.8 Å². The molecule has 0 radical (unpaired) electrons. The summed E-state index contributed by atoms with van der Waals surface area (Å²) in [7, 11) is 0. The Morgan fingerprint density at radius 3 is 2.45 bits per heavy atom. The number of benzene rings is 1. The first-order chi connectivity index (χ1) is 10.4. The van der Waals surface area contributed by atoms with Crippen LogP contribution in [0, 0.1) is 32.6 Å². The maximum Gasteiger partial charge on any atom is 0.307 e. The average molecular weight is 305 g/mol. The fraction of sp³-hybridized carbons (Fsp3) is 0.632. The highest BCUT2D eigenvalue weighted by atomic mass is 16.4. The largest absolute Gasteiger partial charge is 0.481 e. The van der Waals surface area contributed by atoms with E-state index in [0.717, 1.165) is 25.7 Å². The van der Waals surface area contributed by atoms with Crippen LogP contribution < -0.4 is 5.73 Å². The molecule has 0 aromatic heterocycles. The quantitative estimate of drug-likeness (QED) is 0.724. The number of rotatable bonds is 9. The molecule has 22 heavy (non-hydrogen) atoms. The molecule has 0 amide bonds. The molecule has 0 aliphatic carbocycles. The summed E-state index contributed by atoms with van der Waals surface area (Å²) in [6.45, 7) is 8.91. The van der Waals surface area contributed by atoms with E-state index in [2.05, 4.69) is 39.8 Å². The van der Waals surface area contributed by atoms with Crippen LogP contribution in [0.15, 0.2) is 12.1 Å². The summed E-state index contributed by atoms with van der Waals surface area (Å²) in [5.41, 5.74) is 11.1. The van der Waals surface area contributed by atoms with Crippen LogP contribution in [-0.4, -0.2) is 17.6 Å². The zero-order valence-electron chi connectivity index (χ0n) is 14.5. The van der Waals surface area contributed by atoms with E-state index < -0.39 is 11.9 Å². The number of carboxylic acid groups (broad SMARTS) is 1. The van der Waals surface area contributed by atoms with E-state index in [1.807, 2.05) is 0 Å². The van der Waals surface area contributed by atoms with Gasteiger partial charge in [-0.25, -0.2) is 0 Å². The summed E-state index contributed by atoms with van der Waals surface area (Å²) in [5, 5.41) is 9.13. The van der Waals surface area contributed by atoms with E-state index in [1.54, 1.807) is 0 Å². The van der Waals surface area contributed by atoms with Crippen LogP contribution in [0.25, 0.3) is 0 Å². The van der Waals surface area contributed by atoms with E-state index in [-0.39, 0.29) is 6.54 Å². The topological polar surface area (TPSA) is 63.3 Å². The lowest BCUT2D eigenvalue weighted by molar-refractivity contribution is -0.142. The van der Waals surface area contributed by atoms with Crippen molar-refractivity contribution in [3.63, 3.8) is 0 Å². The highest BCUT2D eigenvalue weighted by Gasteiger charge is 2.20. The Labute approximate surface area is 134 Å². The minimum Gasteiger partial charge on any atom is -0.481 e. The zero-order chi connectivity index (χ0) is 16.7. The van der Waals surface area contributed by atoms with Crippen LogP contribution in [0.4, 0.5) is 0 Å². The summed E-state index contributed by atoms with van der Waals surface area (Å²) < 4.78 is 0. The van der Waals surface area contributed by atoms with Gasteiger partial charge in [-0.2, -0.15) is 0 Å². The number of hydrogen-bond donors (Lipinski definition) is 2. The molecule has 0 aliphatic heterocycles. The van der Waals surface area contributed by atoms with Crippen LogP contribution in [0.2, 0.25) is 0 Å². The molecule has 0 aliphatic rings. The first-order valence-electron chi connectivity index (χ1n) is 8.39. The molecule has 2 atom stereocenters. The van der Waals surface area contributed by atoms with Gasteiger partial charge in [-0.3, -0.25) is 4.79 Å². The highest BCUT2D eigenvalue weighted by molar-refractivity contribution is 5.70. The number of aryl methyl sites for hydroxylation is 2. The molecule has 3 nitrogen and oxygen atoms in total. The van der Waals surface area contributed by atoms with E-state index in [9.17, 15) is 4.79 Å². The summed E-state index contributed by atoms with van der Waals surface area (Å²) in [5.74, 6) is -0.698. The SMILES string of the molecule is CCC(CCCc1ccc(C)c(C)c1C)CC(CN)C(=O)O. The van der Waals surface area contributed by atoms with E-state index in [1.165, 1.54) is 22.3 Å². The highest BCUT2D eigenvalue weighted by Crippen LogP contribution is 2.24. The Balaban J connectivity index is 2.54. The second kappa shape index (κ2) is 8.94. The van der Waals surface area contributed by atoms with Crippen molar-refractivity contribution in [3.8, 4) is 0 Å². The normalized spacial score (nSPS) is 13.9. The van der Waals surface area contributed by atoms with Crippen molar-refractivity contribution in [2.24, 2.45) is 17.6 Å². The van der Waals surface area contributed by atoms with E-state index in [0.29, 0.717) is 12.3 Å². The van der Waals surface area contributed by atoms with E-state index >= 15 is 0 Å². The van der Waals surface area contributed by atoms with Gasteiger partial charge in [0, 0.05) is 6.54 Å². The number of carbonyl (C=O) groups is 1. The summed E-state index contributed by atoms with van der Waals surface area (Å²) in [6.07, 6.45) is 4.99. The summed E-state index contributed by atoms with van der Waals surface area (Å²) >= 11 is 0. The van der Waals surface area contributed by atoms with Crippen molar-refractivity contribution >= 4 is 5.97 Å². The Bertz CT molecular complexity index is 496. The molecule has 1 rings (SSSR count). The molecule has 1 aromatic rings. The molecule has 0 saturated heterocycles. The van der Waals surface area contributed by atoms with Gasteiger partial charge in [-0.15, -0.1) is 0 Å². The molecular weight excluding hydrogens is 274 g/mol. The molecule has 3 N–H and O–H groups in total. The minimum absolute atomic E-state index is 0.238. The van der Waals surface area contributed by atoms with Crippen LogP contribution in [-0.2, 0) is 11.2 Å². The fourth-order valence-corrected chi connectivity index (χ4v) is 3.05. The molecule has 0 bridgehead atoms. The molecule has 2 unspecified atom stereocenters. The van der Waals surface area contributed by atoms with Crippen molar-refractivity contribution in [2.75, 3.05) is 6.54 Å². The third-order valence-corrected chi connectivity index (χ3v) is 5.06. The number of aliphatic carboxylic acids is 1. The van der Waals surface area contributed by atoms with Gasteiger partial charge in [0.05, 0.1) is 5.92 Å². The van der Waals surface area contributed by atoms with Crippen molar-refractivity contribution < 1.29 is 9.90 Å². The van der Waals surface area contributed by atoms with Gasteiger partial charge in [0.2, 0.25) is 0 Å². The monoisotopic (exact) mass is 305 g/mol. The molecule has 124 valence electrons. The Morgan fingerprint density at radius 2 is 1.91 bits per heavy atom. The minimum atomic E-state index is -0.758. The summed E-state index contributed by atoms with van der Waals surface area (Å²) in [4.78, 5) is 11.1. The van der Waals surface area contributed by atoms with Gasteiger partial charge >= 0.3 is 5.97 Å². The molecule has 0 saturated carbocycles. The van der Waals surface area contributed by atoms with Crippen LogP contribution in [0.3, 0.4) is 0 Å². The van der Waals surface area contributed by atoms with E-state index in [4.69, 9.17) is 10.8 Å². The van der Waals surface area contributed by atoms with Gasteiger partial charge in [-0.1, -0.05) is 31.9 Å². The lowest BCUT2D eigenvalue weighted by Gasteiger charge is -2.19. The number of carboxylic acids is 1. The van der Waals surface area contributed by atoms with Crippen molar-refractivity contribution in [1.29, 1.82) is 0 Å². The fourth-order valence-electron chi connectivity index (χ4n) is 3.05. The second-order valence-electron chi connectivity index (χ2n) is 6.46. The van der Waals surface area contributed by atoms with Crippen molar-refractivity contribution in [1.82, 2.24) is 0 Å². The lowest BCUT2D eigenvalue weighted by Crippen LogP contribution is -2.25. The standard InChI is InChI=1S/C19H31NO2/c1-5-16(11-18(12-20)19(21)22)7-6-8-17-10-9-13(2)14(3)15(17)4/h9-10,16,18H,5-8,11-12,20H2,1-4H3,(H,21,22). The Hall–Kier alpha value is -1.35. The van der Waals surface area contributed by atoms with Gasteiger partial charge in [0.25, 0.3) is 0 Å². The molecule has 1 aromatic carbocycles. The van der Waals surface area contributed by atoms with Gasteiger partial charge in [0.1, 0.15) is 0 Å². The van der Waals surface area contributed by atoms with Crippen LogP contribution in [0.1, 0.15) is 54.9 Å². The van der Waals surface area contributed by atoms with Crippen LogP contribution in [0.5, 0.6) is 0 Å². The zero-order valence-corrected chi connectivity index (χ0v) is 14.5. The van der Waals surface area contributed by atoms with Gasteiger partial charge in [-0.05, 0) is 68.2 Å². The third-order valence-electron chi connectivity index (χ3n) is 5.06. The Kier molecular flexibility index (Phi) is 7.60. The molecule has 0 fully saturated rings. The average Bonchev–Trinajstić information content (AvgIpc) is 2.50. The lowest BCUT2D eigenvalue weighted by atomic mass is 9.87. The number of hydrogen-bond acceptors (Lipinski definition) is 2. The van der Waals surface area contributed by atoms with Crippen LogP contribution >= 0.6 is 0 Å². The van der Waals surface area contributed by atoms with Gasteiger partial charge < -0.3 is 10.8 Å². The predicted octanol–water partition coefficient (Wildman–Crippen LogP) is 4.01. The number of nitrogens with two attached hydrogens (primary N) is 1. The Morgan fingerprint density at radius 1 is 1.23 bits per heavy atom. The predicted molar refractivity (Wildman–Crippen MR) is 92.2 cm³/mol. The molecule has 0 spiro atoms. The molecule has 3 heteroatoms. The first-order valence-corrected chi connectivity index (χ1v) is 8.39. The maximum absolute atomic E-state index is 11.1.